The van der Waals surface area contributed by atoms with E-state index < -0.39 is 0 Å². The Morgan fingerprint density at radius 3 is 3.06 bits per heavy atom. The molecule has 0 aliphatic carbocycles. The average Bonchev–Trinajstić information content (AvgIpc) is 2.77. The van der Waals surface area contributed by atoms with E-state index in [0.29, 0.717) is 11.9 Å². The van der Waals surface area contributed by atoms with Crippen LogP contribution in [0.3, 0.4) is 0 Å². The number of aryl methyl sites for hydroxylation is 1. The molecular formula is C12H20N4O. The summed E-state index contributed by atoms with van der Waals surface area (Å²) in [4.78, 5) is 10.9. The van der Waals surface area contributed by atoms with Crippen LogP contribution in [-0.4, -0.2) is 34.3 Å². The number of nitrogen functional groups attached to an aromatic ring is 1. The maximum absolute atomic E-state index is 9.06. The second kappa shape index (κ2) is 5.31. The molecule has 1 atom stereocenters. The Labute approximate surface area is 102 Å². The molecule has 1 aliphatic heterocycles. The van der Waals surface area contributed by atoms with E-state index in [-0.39, 0.29) is 6.61 Å². The molecule has 5 heteroatoms. The lowest BCUT2D eigenvalue weighted by molar-refractivity contribution is 0.275. The van der Waals surface area contributed by atoms with Crippen molar-refractivity contribution < 1.29 is 5.11 Å². The zero-order valence-electron chi connectivity index (χ0n) is 10.3. The number of nitrogens with zero attached hydrogens (tertiary/aromatic N) is 3. The molecule has 1 aromatic rings. The van der Waals surface area contributed by atoms with Gasteiger partial charge in [0.05, 0.1) is 0 Å². The van der Waals surface area contributed by atoms with Gasteiger partial charge in [0.2, 0.25) is 0 Å². The van der Waals surface area contributed by atoms with Gasteiger partial charge in [-0.15, -0.1) is 0 Å². The summed E-state index contributed by atoms with van der Waals surface area (Å²) in [6.45, 7) is 3.24. The summed E-state index contributed by atoms with van der Waals surface area (Å²) in [6.07, 6.45) is 3.85. The zero-order chi connectivity index (χ0) is 12.3. The highest BCUT2D eigenvalue weighted by atomic mass is 16.3. The van der Waals surface area contributed by atoms with Crippen LogP contribution in [0, 0.1) is 0 Å². The van der Waals surface area contributed by atoms with Crippen molar-refractivity contribution in [2.75, 3.05) is 23.8 Å². The van der Waals surface area contributed by atoms with Crippen LogP contribution in [-0.2, 0) is 6.42 Å². The summed E-state index contributed by atoms with van der Waals surface area (Å²) < 4.78 is 0. The zero-order valence-corrected chi connectivity index (χ0v) is 10.3. The Morgan fingerprint density at radius 1 is 1.53 bits per heavy atom. The molecule has 1 saturated heterocycles. The van der Waals surface area contributed by atoms with Gasteiger partial charge in [-0.2, -0.15) is 0 Å². The minimum absolute atomic E-state index is 0.225. The molecule has 94 valence electrons. The van der Waals surface area contributed by atoms with Crippen molar-refractivity contribution in [1.82, 2.24) is 9.97 Å². The van der Waals surface area contributed by atoms with Crippen molar-refractivity contribution in [3.05, 3.63) is 11.9 Å². The predicted molar refractivity (Wildman–Crippen MR) is 67.9 cm³/mol. The van der Waals surface area contributed by atoms with Gasteiger partial charge in [0.25, 0.3) is 0 Å². The molecule has 0 saturated carbocycles. The first-order valence-electron chi connectivity index (χ1n) is 6.25. The minimum Gasteiger partial charge on any atom is -0.396 e. The van der Waals surface area contributed by atoms with Gasteiger partial charge in [-0.25, -0.2) is 9.97 Å². The van der Waals surface area contributed by atoms with E-state index in [4.69, 9.17) is 10.8 Å². The quantitative estimate of drug-likeness (QED) is 0.814. The smallest absolute Gasteiger partial charge is 0.134 e. The van der Waals surface area contributed by atoms with Gasteiger partial charge >= 0.3 is 0 Å². The van der Waals surface area contributed by atoms with Crippen molar-refractivity contribution in [3.63, 3.8) is 0 Å². The lowest BCUT2D eigenvalue weighted by atomic mass is 10.1. The number of hydrogen-bond acceptors (Lipinski definition) is 5. The third-order valence-electron chi connectivity index (χ3n) is 3.23. The SMILES string of the molecule is CCc1nc(N)cc(N2CCCC2CCO)n1. The summed E-state index contributed by atoms with van der Waals surface area (Å²) in [7, 11) is 0. The first-order valence-corrected chi connectivity index (χ1v) is 6.25. The Hall–Kier alpha value is -1.36. The largest absolute Gasteiger partial charge is 0.396 e. The Kier molecular flexibility index (Phi) is 3.78. The predicted octanol–water partition coefficient (Wildman–Crippen LogP) is 0.972. The molecule has 0 aromatic carbocycles. The number of aromatic nitrogens is 2. The molecule has 0 amide bonds. The summed E-state index contributed by atoms with van der Waals surface area (Å²) in [5.41, 5.74) is 5.79. The molecule has 0 bridgehead atoms. The number of anilines is 2. The Morgan fingerprint density at radius 2 is 2.35 bits per heavy atom. The number of nitrogens with two attached hydrogens (primary N) is 1. The molecule has 1 aliphatic rings. The lowest BCUT2D eigenvalue weighted by Gasteiger charge is -2.25. The van der Waals surface area contributed by atoms with Crippen LogP contribution in [0.15, 0.2) is 6.07 Å². The van der Waals surface area contributed by atoms with Crippen molar-refractivity contribution in [3.8, 4) is 0 Å². The summed E-state index contributed by atoms with van der Waals surface area (Å²) in [5, 5.41) is 9.06. The van der Waals surface area contributed by atoms with Crippen LogP contribution >= 0.6 is 0 Å². The third kappa shape index (κ3) is 2.66. The summed E-state index contributed by atoms with van der Waals surface area (Å²) in [5.74, 6) is 2.22. The van der Waals surface area contributed by atoms with E-state index in [1.165, 1.54) is 0 Å². The minimum atomic E-state index is 0.225. The molecule has 3 N–H and O–H groups in total. The maximum atomic E-state index is 9.06. The van der Waals surface area contributed by atoms with Crippen molar-refractivity contribution >= 4 is 11.6 Å². The van der Waals surface area contributed by atoms with Crippen molar-refractivity contribution in [1.29, 1.82) is 0 Å². The molecule has 1 unspecified atom stereocenters. The molecule has 17 heavy (non-hydrogen) atoms. The highest BCUT2D eigenvalue weighted by molar-refractivity contribution is 5.48. The second-order valence-corrected chi connectivity index (χ2v) is 4.42. The van der Waals surface area contributed by atoms with Gasteiger partial charge in [0.1, 0.15) is 17.5 Å². The molecular weight excluding hydrogens is 216 g/mol. The van der Waals surface area contributed by atoms with Crippen LogP contribution in [0.4, 0.5) is 11.6 Å². The highest BCUT2D eigenvalue weighted by Crippen LogP contribution is 2.26. The van der Waals surface area contributed by atoms with Crippen molar-refractivity contribution in [2.24, 2.45) is 0 Å². The van der Waals surface area contributed by atoms with E-state index in [0.717, 1.165) is 43.9 Å². The molecule has 1 fully saturated rings. The number of hydrogen-bond donors (Lipinski definition) is 2. The van der Waals surface area contributed by atoms with Gasteiger partial charge in [0.15, 0.2) is 0 Å². The van der Waals surface area contributed by atoms with Gasteiger partial charge in [-0.3, -0.25) is 0 Å². The number of aliphatic hydroxyl groups is 1. The summed E-state index contributed by atoms with van der Waals surface area (Å²) in [6, 6.07) is 2.22. The standard InChI is InChI=1S/C12H20N4O/c1-2-11-14-10(13)8-12(15-11)16-6-3-4-9(16)5-7-17/h8-9,17H,2-7H2,1H3,(H2,13,14,15). The fraction of sp³-hybridized carbons (Fsp3) is 0.667. The molecule has 5 nitrogen and oxygen atoms in total. The van der Waals surface area contributed by atoms with E-state index in [1.54, 1.807) is 0 Å². The van der Waals surface area contributed by atoms with Crippen LogP contribution < -0.4 is 10.6 Å². The van der Waals surface area contributed by atoms with E-state index >= 15 is 0 Å². The molecule has 2 rings (SSSR count). The number of aliphatic hydroxyl groups excluding tert-OH is 1. The van der Waals surface area contributed by atoms with Gasteiger partial charge < -0.3 is 15.7 Å². The number of rotatable bonds is 4. The van der Waals surface area contributed by atoms with Crippen LogP contribution in [0.25, 0.3) is 0 Å². The molecule has 1 aromatic heterocycles. The molecule has 0 radical (unpaired) electrons. The van der Waals surface area contributed by atoms with E-state index in [9.17, 15) is 0 Å². The van der Waals surface area contributed by atoms with E-state index in [2.05, 4.69) is 14.9 Å². The Bertz CT molecular complexity index is 383. The monoisotopic (exact) mass is 236 g/mol. The third-order valence-corrected chi connectivity index (χ3v) is 3.23. The fourth-order valence-electron chi connectivity index (χ4n) is 2.39. The van der Waals surface area contributed by atoms with E-state index in [1.807, 2.05) is 13.0 Å². The van der Waals surface area contributed by atoms with Gasteiger partial charge in [-0.1, -0.05) is 6.92 Å². The average molecular weight is 236 g/mol. The highest BCUT2D eigenvalue weighted by Gasteiger charge is 2.25. The normalized spacial score (nSPS) is 19.9. The first kappa shape index (κ1) is 12.1. The van der Waals surface area contributed by atoms with Crippen LogP contribution in [0.1, 0.15) is 32.0 Å². The van der Waals surface area contributed by atoms with Crippen LogP contribution in [0.2, 0.25) is 0 Å². The van der Waals surface area contributed by atoms with Crippen LogP contribution in [0.5, 0.6) is 0 Å². The van der Waals surface area contributed by atoms with Gasteiger partial charge in [0, 0.05) is 31.7 Å². The maximum Gasteiger partial charge on any atom is 0.134 e. The Balaban J connectivity index is 2.23. The van der Waals surface area contributed by atoms with Crippen molar-refractivity contribution in [2.45, 2.75) is 38.6 Å². The molecule has 0 spiro atoms. The summed E-state index contributed by atoms with van der Waals surface area (Å²) >= 11 is 0. The fourth-order valence-corrected chi connectivity index (χ4v) is 2.39. The topological polar surface area (TPSA) is 75.3 Å². The van der Waals surface area contributed by atoms with Gasteiger partial charge in [-0.05, 0) is 19.3 Å². The second-order valence-electron chi connectivity index (χ2n) is 4.42. The molecule has 2 heterocycles. The first-order chi connectivity index (χ1) is 8.24. The lowest BCUT2D eigenvalue weighted by Crippen LogP contribution is -2.31.